The van der Waals surface area contributed by atoms with Crippen molar-refractivity contribution < 1.29 is 9.53 Å². The molecule has 0 bridgehead atoms. The summed E-state index contributed by atoms with van der Waals surface area (Å²) in [6.07, 6.45) is 2.90. The van der Waals surface area contributed by atoms with Crippen LogP contribution in [0.15, 0.2) is 0 Å². The molecule has 1 fully saturated rings. The van der Waals surface area contributed by atoms with E-state index < -0.39 is 0 Å². The predicted octanol–water partition coefficient (Wildman–Crippen LogP) is 0.784. The van der Waals surface area contributed by atoms with Crippen LogP contribution in [0.5, 0.6) is 0 Å². The highest BCUT2D eigenvalue weighted by Crippen LogP contribution is 2.08. The molecule has 0 aromatic carbocycles. The van der Waals surface area contributed by atoms with Crippen molar-refractivity contribution >= 4 is 6.09 Å². The summed E-state index contributed by atoms with van der Waals surface area (Å²) in [7, 11) is 3.37. The van der Waals surface area contributed by atoms with E-state index in [4.69, 9.17) is 4.74 Å². The van der Waals surface area contributed by atoms with Crippen LogP contribution in [0.25, 0.3) is 0 Å². The lowest BCUT2D eigenvalue weighted by Gasteiger charge is -2.24. The van der Waals surface area contributed by atoms with Gasteiger partial charge < -0.3 is 9.64 Å². The van der Waals surface area contributed by atoms with Crippen molar-refractivity contribution in [3.63, 3.8) is 0 Å². The van der Waals surface area contributed by atoms with Crippen LogP contribution in [0.2, 0.25) is 0 Å². The Hall–Kier alpha value is -0.770. The van der Waals surface area contributed by atoms with E-state index in [1.807, 2.05) is 0 Å². The van der Waals surface area contributed by atoms with Crippen molar-refractivity contribution in [2.45, 2.75) is 25.5 Å². The van der Waals surface area contributed by atoms with Crippen molar-refractivity contribution in [3.05, 3.63) is 0 Å². The summed E-state index contributed by atoms with van der Waals surface area (Å²) in [6.45, 7) is 0.950. The van der Waals surface area contributed by atoms with Crippen LogP contribution >= 0.6 is 0 Å². The molecule has 4 heteroatoms. The number of hydrogen-bond donors (Lipinski definition) is 1. The Labute approximate surface area is 72.9 Å². The third-order valence-corrected chi connectivity index (χ3v) is 1.87. The summed E-state index contributed by atoms with van der Waals surface area (Å²) < 4.78 is 5.13. The van der Waals surface area contributed by atoms with Crippen molar-refractivity contribution in [1.82, 2.24) is 10.2 Å². The molecule has 4 nitrogen and oxygen atoms in total. The number of carbonyl (C=O) groups is 1. The van der Waals surface area contributed by atoms with Crippen LogP contribution in [0, 0.1) is 0 Å². The average molecular weight is 172 g/mol. The molecule has 1 amide bonds. The van der Waals surface area contributed by atoms with E-state index in [-0.39, 0.29) is 12.3 Å². The van der Waals surface area contributed by atoms with Gasteiger partial charge in [-0.1, -0.05) is 0 Å². The van der Waals surface area contributed by atoms with Gasteiger partial charge in [-0.15, -0.1) is 0 Å². The predicted molar refractivity (Wildman–Crippen MR) is 45.8 cm³/mol. The standard InChI is InChI=1S/C8H16N2O2/c1-10(2)8(11)12-7-5-3-4-6-9-7/h7,9H,3-6H2,1-2H3/t7-/m0/s1. The first-order valence-electron chi connectivity index (χ1n) is 4.31. The maximum atomic E-state index is 11.1. The highest BCUT2D eigenvalue weighted by molar-refractivity contribution is 5.66. The van der Waals surface area contributed by atoms with Gasteiger partial charge in [0.25, 0.3) is 0 Å². The number of piperidine rings is 1. The summed E-state index contributed by atoms with van der Waals surface area (Å²) >= 11 is 0. The third-order valence-electron chi connectivity index (χ3n) is 1.87. The molecule has 1 N–H and O–H groups in total. The van der Waals surface area contributed by atoms with Crippen LogP contribution in [0.4, 0.5) is 4.79 Å². The van der Waals surface area contributed by atoms with Crippen LogP contribution < -0.4 is 5.32 Å². The van der Waals surface area contributed by atoms with Crippen LogP contribution in [0.3, 0.4) is 0 Å². The van der Waals surface area contributed by atoms with Gasteiger partial charge in [0.15, 0.2) is 6.23 Å². The second-order valence-corrected chi connectivity index (χ2v) is 3.22. The fourth-order valence-electron chi connectivity index (χ4n) is 1.15. The van der Waals surface area contributed by atoms with E-state index in [1.165, 1.54) is 11.3 Å². The highest BCUT2D eigenvalue weighted by atomic mass is 16.6. The van der Waals surface area contributed by atoms with Crippen molar-refractivity contribution in [2.24, 2.45) is 0 Å². The molecule has 0 saturated carbocycles. The number of carbonyl (C=O) groups excluding carboxylic acids is 1. The largest absolute Gasteiger partial charge is 0.430 e. The molecule has 1 heterocycles. The van der Waals surface area contributed by atoms with Crippen molar-refractivity contribution in [3.8, 4) is 0 Å². The monoisotopic (exact) mass is 172 g/mol. The highest BCUT2D eigenvalue weighted by Gasteiger charge is 2.17. The second kappa shape index (κ2) is 4.30. The number of rotatable bonds is 1. The van der Waals surface area contributed by atoms with E-state index in [1.54, 1.807) is 14.1 Å². The van der Waals surface area contributed by atoms with Gasteiger partial charge in [0.1, 0.15) is 0 Å². The molecule has 0 unspecified atom stereocenters. The Kier molecular flexibility index (Phi) is 3.34. The quantitative estimate of drug-likeness (QED) is 0.635. The molecule has 70 valence electrons. The number of amides is 1. The first-order chi connectivity index (χ1) is 5.70. The Morgan fingerprint density at radius 3 is 2.75 bits per heavy atom. The molecule has 0 aromatic rings. The summed E-state index contributed by atoms with van der Waals surface area (Å²) in [5.74, 6) is 0. The smallest absolute Gasteiger partial charge is 0.410 e. The molecule has 0 aliphatic carbocycles. The average Bonchev–Trinajstić information content (AvgIpc) is 2.06. The van der Waals surface area contributed by atoms with Gasteiger partial charge in [0.05, 0.1) is 0 Å². The molecule has 0 radical (unpaired) electrons. The van der Waals surface area contributed by atoms with E-state index in [2.05, 4.69) is 5.32 Å². The zero-order chi connectivity index (χ0) is 8.97. The molecule has 0 spiro atoms. The lowest BCUT2D eigenvalue weighted by molar-refractivity contribution is 0.0434. The first-order valence-corrected chi connectivity index (χ1v) is 4.31. The lowest BCUT2D eigenvalue weighted by atomic mass is 10.1. The fraction of sp³-hybridized carbons (Fsp3) is 0.875. The molecule has 12 heavy (non-hydrogen) atoms. The summed E-state index contributed by atoms with van der Waals surface area (Å²) in [5, 5.41) is 3.14. The Bertz CT molecular complexity index is 153. The fourth-order valence-corrected chi connectivity index (χ4v) is 1.15. The molecule has 1 aliphatic heterocycles. The van der Waals surface area contributed by atoms with Crippen LogP contribution in [-0.2, 0) is 4.74 Å². The molecular weight excluding hydrogens is 156 g/mol. The maximum absolute atomic E-state index is 11.1. The minimum Gasteiger partial charge on any atom is -0.430 e. The number of nitrogens with zero attached hydrogens (tertiary/aromatic N) is 1. The Morgan fingerprint density at radius 2 is 2.25 bits per heavy atom. The van der Waals surface area contributed by atoms with Crippen LogP contribution in [0.1, 0.15) is 19.3 Å². The molecule has 1 rings (SSSR count). The van der Waals surface area contributed by atoms with Crippen LogP contribution in [-0.4, -0.2) is 37.9 Å². The topological polar surface area (TPSA) is 41.6 Å². The van der Waals surface area contributed by atoms with E-state index in [0.29, 0.717) is 0 Å². The van der Waals surface area contributed by atoms with E-state index >= 15 is 0 Å². The number of hydrogen-bond acceptors (Lipinski definition) is 3. The lowest BCUT2D eigenvalue weighted by Crippen LogP contribution is -2.40. The second-order valence-electron chi connectivity index (χ2n) is 3.22. The van der Waals surface area contributed by atoms with Gasteiger partial charge in [0, 0.05) is 14.1 Å². The van der Waals surface area contributed by atoms with Gasteiger partial charge in [-0.05, 0) is 25.8 Å². The number of nitrogens with one attached hydrogen (secondary N) is 1. The zero-order valence-electron chi connectivity index (χ0n) is 7.67. The van der Waals surface area contributed by atoms with Gasteiger partial charge in [-0.25, -0.2) is 4.79 Å². The summed E-state index contributed by atoms with van der Waals surface area (Å²) in [5.41, 5.74) is 0. The molecular formula is C8H16N2O2. The van der Waals surface area contributed by atoms with Crippen molar-refractivity contribution in [1.29, 1.82) is 0 Å². The summed E-state index contributed by atoms with van der Waals surface area (Å²) in [6, 6.07) is 0. The van der Waals surface area contributed by atoms with E-state index in [9.17, 15) is 4.79 Å². The molecule has 1 aliphatic rings. The third kappa shape index (κ3) is 2.70. The number of ether oxygens (including phenoxy) is 1. The van der Waals surface area contributed by atoms with Gasteiger partial charge in [0.2, 0.25) is 0 Å². The zero-order valence-corrected chi connectivity index (χ0v) is 7.67. The first kappa shape index (κ1) is 9.32. The van der Waals surface area contributed by atoms with Crippen molar-refractivity contribution in [2.75, 3.05) is 20.6 Å². The SMILES string of the molecule is CN(C)C(=O)O[C@H]1CCCCN1. The van der Waals surface area contributed by atoms with E-state index in [0.717, 1.165) is 19.4 Å². The molecule has 1 saturated heterocycles. The van der Waals surface area contributed by atoms with Gasteiger partial charge in [-0.2, -0.15) is 0 Å². The normalized spacial score (nSPS) is 23.3. The van der Waals surface area contributed by atoms with Gasteiger partial charge in [-0.3, -0.25) is 5.32 Å². The maximum Gasteiger partial charge on any atom is 0.410 e. The molecule has 0 aromatic heterocycles. The molecule has 1 atom stereocenters. The summed E-state index contributed by atoms with van der Waals surface area (Å²) in [4.78, 5) is 12.5. The minimum atomic E-state index is -0.269. The van der Waals surface area contributed by atoms with Gasteiger partial charge >= 0.3 is 6.09 Å². The Balaban J connectivity index is 2.24. The Morgan fingerprint density at radius 1 is 1.50 bits per heavy atom. The minimum absolute atomic E-state index is 0.0753.